The third kappa shape index (κ3) is 2.97. The molecule has 5 atom stereocenters. The number of hydrogen-bond donors (Lipinski definition) is 4. The number of aliphatic hydroxyl groups excluding tert-OH is 2. The first-order valence-electron chi connectivity index (χ1n) is 6.34. The van der Waals surface area contributed by atoms with Gasteiger partial charge in [-0.3, -0.25) is 4.57 Å². The molecular formula is C10H13FN5O6P. The average Bonchev–Trinajstić information content (AvgIpc) is 3.09. The zero-order chi connectivity index (χ0) is 16.6. The van der Waals surface area contributed by atoms with Gasteiger partial charge in [0.05, 0.1) is 6.33 Å². The summed E-state index contributed by atoms with van der Waals surface area (Å²) in [5.74, 6) is 0.128. The van der Waals surface area contributed by atoms with E-state index in [1.807, 2.05) is 0 Å². The summed E-state index contributed by atoms with van der Waals surface area (Å²) in [5.41, 5.74) is 6.18. The zero-order valence-electron chi connectivity index (χ0n) is 11.4. The number of rotatable bonds is 5. The van der Waals surface area contributed by atoms with Crippen LogP contribution in [0.15, 0.2) is 12.7 Å². The molecule has 11 nitrogen and oxygen atoms in total. The van der Waals surface area contributed by atoms with E-state index >= 15 is 0 Å². The number of aromatic nitrogens is 4. The van der Waals surface area contributed by atoms with E-state index in [0.717, 1.165) is 0 Å². The van der Waals surface area contributed by atoms with Gasteiger partial charge in [0.15, 0.2) is 23.9 Å². The molecule has 0 radical (unpaired) electrons. The van der Waals surface area contributed by atoms with E-state index in [4.69, 9.17) is 20.5 Å². The summed E-state index contributed by atoms with van der Waals surface area (Å²) in [6.07, 6.45) is -4.58. The Bertz CT molecular complexity index is 691. The van der Waals surface area contributed by atoms with Crippen molar-refractivity contribution in [2.24, 2.45) is 0 Å². The third-order valence-electron chi connectivity index (χ3n) is 3.16. The van der Waals surface area contributed by atoms with Crippen LogP contribution < -0.4 is 5.73 Å². The number of nitrogen functional groups attached to an aromatic ring is 1. The fourth-order valence-corrected chi connectivity index (χ4v) is 2.32. The van der Waals surface area contributed by atoms with E-state index in [-0.39, 0.29) is 17.0 Å². The largest absolute Gasteiger partial charge is 0.387 e. The standard InChI is InChI=1S/C10H13FN5O6P/c11-4-6(18)9(20-10(4)21-22-23(19)3-17)16-2-15-5-7(12)13-1-14-8(5)16/h1-2,4,6,9-10,17-19H,3H2,(H2,12,13,14)/t4-,6?,9-,10-,23?/m1/s1. The summed E-state index contributed by atoms with van der Waals surface area (Å²) >= 11 is 0. The van der Waals surface area contributed by atoms with Crippen molar-refractivity contribution in [2.75, 3.05) is 12.1 Å². The molecule has 2 aromatic rings. The van der Waals surface area contributed by atoms with Crippen LogP contribution in [0.4, 0.5) is 10.2 Å². The van der Waals surface area contributed by atoms with Crippen LogP contribution >= 0.6 is 8.38 Å². The first-order chi connectivity index (χ1) is 11.0. The minimum Gasteiger partial charge on any atom is -0.387 e. The first kappa shape index (κ1) is 16.3. The van der Waals surface area contributed by atoms with Gasteiger partial charge >= 0.3 is 0 Å². The molecule has 1 aliphatic heterocycles. The minimum atomic E-state index is -2.27. The second kappa shape index (κ2) is 6.53. The predicted octanol–water partition coefficient (Wildman–Crippen LogP) is -0.835. The maximum Gasteiger partial charge on any atom is 0.232 e. The lowest BCUT2D eigenvalue weighted by Crippen LogP contribution is -2.29. The van der Waals surface area contributed by atoms with E-state index in [9.17, 15) is 9.50 Å². The highest BCUT2D eigenvalue weighted by Gasteiger charge is 2.47. The highest BCUT2D eigenvalue weighted by Crippen LogP contribution is 2.37. The monoisotopic (exact) mass is 349 g/mol. The van der Waals surface area contributed by atoms with Crippen molar-refractivity contribution in [3.05, 3.63) is 12.7 Å². The molecule has 5 N–H and O–H groups in total. The topological polar surface area (TPSA) is 158 Å². The Morgan fingerprint density at radius 2 is 2.22 bits per heavy atom. The van der Waals surface area contributed by atoms with Crippen LogP contribution in [0, 0.1) is 0 Å². The number of hydrogen-bond acceptors (Lipinski definition) is 10. The summed E-state index contributed by atoms with van der Waals surface area (Å²) in [6, 6.07) is 0. The van der Waals surface area contributed by atoms with Crippen LogP contribution in [-0.2, 0) is 14.3 Å². The molecule has 3 heterocycles. The van der Waals surface area contributed by atoms with Crippen molar-refractivity contribution in [2.45, 2.75) is 24.8 Å². The number of halogens is 1. The number of nitrogens with zero attached hydrogens (tertiary/aromatic N) is 4. The summed E-state index contributed by atoms with van der Waals surface area (Å²) in [5, 5.41) is 18.6. The van der Waals surface area contributed by atoms with Gasteiger partial charge in [-0.2, -0.15) is 9.56 Å². The third-order valence-corrected chi connectivity index (χ3v) is 3.66. The van der Waals surface area contributed by atoms with Crippen LogP contribution in [-0.4, -0.2) is 59.5 Å². The van der Waals surface area contributed by atoms with Gasteiger partial charge in [-0.1, -0.05) is 0 Å². The Kier molecular flexibility index (Phi) is 4.64. The van der Waals surface area contributed by atoms with Crippen LogP contribution in [0.1, 0.15) is 6.23 Å². The number of fused-ring (bicyclic) bond motifs is 1. The lowest BCUT2D eigenvalue weighted by molar-refractivity contribution is -0.327. The average molecular weight is 349 g/mol. The molecule has 2 aromatic heterocycles. The van der Waals surface area contributed by atoms with E-state index < -0.39 is 39.5 Å². The van der Waals surface area contributed by atoms with Gasteiger partial charge in [0.2, 0.25) is 14.7 Å². The van der Waals surface area contributed by atoms with E-state index in [1.165, 1.54) is 17.2 Å². The molecule has 126 valence electrons. The molecule has 1 fully saturated rings. The Balaban J connectivity index is 1.81. The van der Waals surface area contributed by atoms with Crippen molar-refractivity contribution in [3.8, 4) is 0 Å². The minimum absolute atomic E-state index is 0.128. The highest BCUT2D eigenvalue weighted by molar-refractivity contribution is 7.45. The van der Waals surface area contributed by atoms with Crippen LogP contribution in [0.25, 0.3) is 11.2 Å². The Morgan fingerprint density at radius 1 is 1.43 bits per heavy atom. The zero-order valence-corrected chi connectivity index (χ0v) is 12.3. The van der Waals surface area contributed by atoms with Crippen molar-refractivity contribution < 1.29 is 33.8 Å². The first-order valence-corrected chi connectivity index (χ1v) is 7.74. The summed E-state index contributed by atoms with van der Waals surface area (Å²) < 4.78 is 25.0. The normalized spacial score (nSPS) is 29.2. The van der Waals surface area contributed by atoms with Gasteiger partial charge in [0.25, 0.3) is 0 Å². The van der Waals surface area contributed by atoms with Gasteiger partial charge in [0, 0.05) is 0 Å². The molecule has 23 heavy (non-hydrogen) atoms. The van der Waals surface area contributed by atoms with Crippen molar-refractivity contribution in [1.82, 2.24) is 19.5 Å². The van der Waals surface area contributed by atoms with Crippen LogP contribution in [0.5, 0.6) is 0 Å². The number of ether oxygens (including phenoxy) is 1. The molecule has 3 rings (SSSR count). The van der Waals surface area contributed by atoms with Gasteiger partial charge in [-0.05, 0) is 0 Å². The van der Waals surface area contributed by atoms with Gasteiger partial charge in [-0.15, -0.1) is 0 Å². The molecule has 2 unspecified atom stereocenters. The second-order valence-corrected chi connectivity index (χ2v) is 5.71. The molecular weight excluding hydrogens is 336 g/mol. The lowest BCUT2D eigenvalue weighted by atomic mass is 10.2. The summed E-state index contributed by atoms with van der Waals surface area (Å²) in [6.45, 7) is 0. The van der Waals surface area contributed by atoms with Crippen molar-refractivity contribution >= 4 is 25.4 Å². The van der Waals surface area contributed by atoms with Crippen LogP contribution in [0.2, 0.25) is 0 Å². The second-order valence-electron chi connectivity index (χ2n) is 4.58. The fraction of sp³-hybridized carbons (Fsp3) is 0.500. The van der Waals surface area contributed by atoms with Crippen LogP contribution in [0.3, 0.4) is 0 Å². The molecule has 13 heteroatoms. The van der Waals surface area contributed by atoms with Crippen molar-refractivity contribution in [3.63, 3.8) is 0 Å². The Hall–Kier alpha value is -1.53. The molecule has 0 aliphatic carbocycles. The summed E-state index contributed by atoms with van der Waals surface area (Å²) in [7, 11) is -2.27. The predicted molar refractivity (Wildman–Crippen MR) is 72.9 cm³/mol. The summed E-state index contributed by atoms with van der Waals surface area (Å²) in [4.78, 5) is 25.4. The Labute approximate surface area is 129 Å². The number of anilines is 1. The fourth-order valence-electron chi connectivity index (χ4n) is 2.09. The maximum atomic E-state index is 14.0. The maximum absolute atomic E-state index is 14.0. The number of nitrogens with two attached hydrogens (primary N) is 1. The number of imidazole rings is 1. The molecule has 0 spiro atoms. The molecule has 0 bridgehead atoms. The molecule has 0 amide bonds. The molecule has 0 aromatic carbocycles. The Morgan fingerprint density at radius 3 is 2.96 bits per heavy atom. The molecule has 1 saturated heterocycles. The smallest absolute Gasteiger partial charge is 0.232 e. The number of aliphatic hydroxyl groups is 2. The van der Waals surface area contributed by atoms with Crippen molar-refractivity contribution in [1.29, 1.82) is 0 Å². The van der Waals surface area contributed by atoms with Gasteiger partial charge in [-0.25, -0.2) is 19.3 Å². The van der Waals surface area contributed by atoms with E-state index in [1.54, 1.807) is 0 Å². The van der Waals surface area contributed by atoms with Gasteiger partial charge < -0.3 is 25.6 Å². The quantitative estimate of drug-likeness (QED) is 0.305. The van der Waals surface area contributed by atoms with E-state index in [2.05, 4.69) is 24.5 Å². The molecule has 1 aliphatic rings. The SMILES string of the molecule is Nc1ncnc2c1ncn2[C@@H]1O[C@H](OOP(O)CO)[C@H](F)C1O. The number of alkyl halides is 1. The highest BCUT2D eigenvalue weighted by atomic mass is 31.2. The lowest BCUT2D eigenvalue weighted by Gasteiger charge is -2.16. The van der Waals surface area contributed by atoms with E-state index in [0.29, 0.717) is 0 Å². The van der Waals surface area contributed by atoms with Gasteiger partial charge in [0.1, 0.15) is 24.3 Å². The molecule has 0 saturated carbocycles.